The molecule has 1 N–H and O–H groups in total. The van der Waals surface area contributed by atoms with Crippen molar-refractivity contribution in [3.63, 3.8) is 0 Å². The van der Waals surface area contributed by atoms with Gasteiger partial charge in [0, 0.05) is 19.8 Å². The molecule has 2 saturated heterocycles. The number of carboxylic acid groups (broad SMARTS) is 1. The highest BCUT2D eigenvalue weighted by molar-refractivity contribution is 5.73. The van der Waals surface area contributed by atoms with Crippen molar-refractivity contribution in [2.24, 2.45) is 5.92 Å². The minimum Gasteiger partial charge on any atom is -0.481 e. The zero-order valence-corrected chi connectivity index (χ0v) is 13.1. The molecule has 0 aromatic carbocycles. The van der Waals surface area contributed by atoms with Gasteiger partial charge in [0.15, 0.2) is 0 Å². The zero-order valence-electron chi connectivity index (χ0n) is 13.1. The lowest BCUT2D eigenvalue weighted by molar-refractivity contribution is -0.148. The molecular weight excluding hydrogens is 274 g/mol. The third kappa shape index (κ3) is 3.67. The average Bonchev–Trinajstić information content (AvgIpc) is 2.37. The smallest absolute Gasteiger partial charge is 0.410 e. The maximum Gasteiger partial charge on any atom is 0.410 e. The second kappa shape index (κ2) is 5.83. The van der Waals surface area contributed by atoms with E-state index in [0.717, 1.165) is 0 Å². The quantitative estimate of drug-likeness (QED) is 0.803. The maximum absolute atomic E-state index is 12.5. The number of carbonyl (C=O) groups is 2. The van der Waals surface area contributed by atoms with Gasteiger partial charge in [0.1, 0.15) is 5.60 Å². The van der Waals surface area contributed by atoms with Crippen LogP contribution in [0.2, 0.25) is 0 Å². The molecule has 1 amide bonds. The topological polar surface area (TPSA) is 76.1 Å². The molecule has 120 valence electrons. The molecule has 1 atom stereocenters. The standard InChI is InChI=1S/C15H25NO5/c1-14(2,3)21-13(19)16-7-4-11(12(17)18)10-15(16)5-8-20-9-6-15/h11H,4-10H2,1-3H3,(H,17,18). The lowest BCUT2D eigenvalue weighted by atomic mass is 9.75. The maximum atomic E-state index is 12.5. The summed E-state index contributed by atoms with van der Waals surface area (Å²) < 4.78 is 10.9. The Kier molecular flexibility index (Phi) is 4.46. The molecule has 2 aliphatic rings. The van der Waals surface area contributed by atoms with Crippen LogP contribution in [-0.2, 0) is 14.3 Å². The van der Waals surface area contributed by atoms with E-state index in [1.165, 1.54) is 0 Å². The van der Waals surface area contributed by atoms with Crippen LogP contribution in [0.25, 0.3) is 0 Å². The van der Waals surface area contributed by atoms with E-state index < -0.39 is 17.1 Å². The van der Waals surface area contributed by atoms with Gasteiger partial charge in [0.25, 0.3) is 0 Å². The van der Waals surface area contributed by atoms with Gasteiger partial charge in [-0.05, 0) is 46.5 Å². The number of piperidine rings is 1. The summed E-state index contributed by atoms with van der Waals surface area (Å²) in [7, 11) is 0. The first-order chi connectivity index (χ1) is 9.73. The monoisotopic (exact) mass is 299 g/mol. The molecule has 2 heterocycles. The van der Waals surface area contributed by atoms with Crippen LogP contribution in [0, 0.1) is 5.92 Å². The van der Waals surface area contributed by atoms with Crippen LogP contribution in [0.15, 0.2) is 0 Å². The Bertz CT molecular complexity index is 409. The minimum atomic E-state index is -0.773. The van der Waals surface area contributed by atoms with Crippen LogP contribution >= 0.6 is 0 Å². The van der Waals surface area contributed by atoms with Crippen LogP contribution in [0.1, 0.15) is 46.5 Å². The largest absolute Gasteiger partial charge is 0.481 e. The van der Waals surface area contributed by atoms with Crippen molar-refractivity contribution in [1.82, 2.24) is 4.90 Å². The number of ether oxygens (including phenoxy) is 2. The van der Waals surface area contributed by atoms with E-state index in [1.807, 2.05) is 20.8 Å². The molecule has 2 rings (SSSR count). The fourth-order valence-corrected chi connectivity index (χ4v) is 3.23. The summed E-state index contributed by atoms with van der Waals surface area (Å²) in [6, 6.07) is 0. The molecule has 2 aliphatic heterocycles. The summed E-state index contributed by atoms with van der Waals surface area (Å²) in [5.74, 6) is -1.16. The van der Waals surface area contributed by atoms with Crippen molar-refractivity contribution in [3.05, 3.63) is 0 Å². The first kappa shape index (κ1) is 16.1. The second-order valence-electron chi connectivity index (χ2n) is 7.00. The highest BCUT2D eigenvalue weighted by Crippen LogP contribution is 2.40. The Labute approximate surface area is 125 Å². The van der Waals surface area contributed by atoms with Crippen molar-refractivity contribution in [3.8, 4) is 0 Å². The fraction of sp³-hybridized carbons (Fsp3) is 0.867. The fourth-order valence-electron chi connectivity index (χ4n) is 3.23. The van der Waals surface area contributed by atoms with E-state index >= 15 is 0 Å². The number of hydrogen-bond acceptors (Lipinski definition) is 4. The molecule has 21 heavy (non-hydrogen) atoms. The van der Waals surface area contributed by atoms with Gasteiger partial charge in [0.2, 0.25) is 0 Å². The summed E-state index contributed by atoms with van der Waals surface area (Å²) in [4.78, 5) is 25.5. The van der Waals surface area contributed by atoms with Gasteiger partial charge in [-0.15, -0.1) is 0 Å². The van der Waals surface area contributed by atoms with E-state index in [0.29, 0.717) is 45.4 Å². The Hall–Kier alpha value is -1.30. The van der Waals surface area contributed by atoms with Crippen LogP contribution in [0.5, 0.6) is 0 Å². The van der Waals surface area contributed by atoms with Crippen molar-refractivity contribution in [2.45, 2.75) is 57.6 Å². The van der Waals surface area contributed by atoms with E-state index in [1.54, 1.807) is 4.90 Å². The zero-order chi connectivity index (χ0) is 15.7. The van der Waals surface area contributed by atoms with Crippen molar-refractivity contribution >= 4 is 12.1 Å². The lowest BCUT2D eigenvalue weighted by Gasteiger charge is -2.50. The van der Waals surface area contributed by atoms with Crippen LogP contribution in [-0.4, -0.2) is 53.0 Å². The van der Waals surface area contributed by atoms with Crippen LogP contribution in [0.3, 0.4) is 0 Å². The normalized spacial score (nSPS) is 25.7. The molecule has 6 nitrogen and oxygen atoms in total. The highest BCUT2D eigenvalue weighted by atomic mass is 16.6. The minimum absolute atomic E-state index is 0.340. The summed E-state index contributed by atoms with van der Waals surface area (Å²) >= 11 is 0. The third-order valence-corrected chi connectivity index (χ3v) is 4.29. The van der Waals surface area contributed by atoms with Gasteiger partial charge in [-0.1, -0.05) is 0 Å². The molecule has 0 aromatic rings. The van der Waals surface area contributed by atoms with Crippen LogP contribution in [0.4, 0.5) is 4.79 Å². The van der Waals surface area contributed by atoms with Gasteiger partial charge >= 0.3 is 12.1 Å². The van der Waals surface area contributed by atoms with E-state index in [4.69, 9.17) is 9.47 Å². The molecule has 2 fully saturated rings. The number of likely N-dealkylation sites (tertiary alicyclic amines) is 1. The molecule has 1 spiro atoms. The number of carboxylic acids is 1. The number of aliphatic carboxylic acids is 1. The number of hydrogen-bond donors (Lipinski definition) is 1. The molecule has 0 aliphatic carbocycles. The predicted octanol–water partition coefficient (Wildman–Crippen LogP) is 2.27. The summed E-state index contributed by atoms with van der Waals surface area (Å²) in [6.07, 6.45) is 1.99. The average molecular weight is 299 g/mol. The molecule has 1 unspecified atom stereocenters. The second-order valence-corrected chi connectivity index (χ2v) is 7.00. The molecule has 0 bridgehead atoms. The number of amides is 1. The van der Waals surface area contributed by atoms with Crippen molar-refractivity contribution in [1.29, 1.82) is 0 Å². The number of carbonyl (C=O) groups excluding carboxylic acids is 1. The van der Waals surface area contributed by atoms with Crippen molar-refractivity contribution < 1.29 is 24.2 Å². The van der Waals surface area contributed by atoms with E-state index in [-0.39, 0.29) is 12.0 Å². The Morgan fingerprint density at radius 3 is 2.43 bits per heavy atom. The third-order valence-electron chi connectivity index (χ3n) is 4.29. The Morgan fingerprint density at radius 2 is 1.90 bits per heavy atom. The van der Waals surface area contributed by atoms with Gasteiger partial charge < -0.3 is 19.5 Å². The van der Waals surface area contributed by atoms with Gasteiger partial charge in [0.05, 0.1) is 11.5 Å². The van der Waals surface area contributed by atoms with Crippen LogP contribution < -0.4 is 0 Å². The molecule has 0 radical (unpaired) electrons. The van der Waals surface area contributed by atoms with Gasteiger partial charge in [-0.25, -0.2) is 4.79 Å². The molecule has 0 saturated carbocycles. The van der Waals surface area contributed by atoms with Gasteiger partial charge in [-0.2, -0.15) is 0 Å². The number of nitrogens with zero attached hydrogens (tertiary/aromatic N) is 1. The molecule has 6 heteroatoms. The highest BCUT2D eigenvalue weighted by Gasteiger charge is 2.48. The summed E-state index contributed by atoms with van der Waals surface area (Å²) in [5.41, 5.74) is -0.977. The summed E-state index contributed by atoms with van der Waals surface area (Å²) in [5, 5.41) is 9.30. The molecular formula is C15H25NO5. The predicted molar refractivity (Wildman–Crippen MR) is 76.1 cm³/mol. The first-order valence-corrected chi connectivity index (χ1v) is 7.55. The Balaban J connectivity index is 2.18. The summed E-state index contributed by atoms with van der Waals surface area (Å²) in [6.45, 7) is 7.08. The Morgan fingerprint density at radius 1 is 1.29 bits per heavy atom. The first-order valence-electron chi connectivity index (χ1n) is 7.55. The molecule has 0 aromatic heterocycles. The van der Waals surface area contributed by atoms with Gasteiger partial charge in [-0.3, -0.25) is 4.79 Å². The number of rotatable bonds is 1. The lowest BCUT2D eigenvalue weighted by Crippen LogP contribution is -2.60. The van der Waals surface area contributed by atoms with Crippen molar-refractivity contribution in [2.75, 3.05) is 19.8 Å². The van der Waals surface area contributed by atoms with E-state index in [9.17, 15) is 14.7 Å². The SMILES string of the molecule is CC(C)(C)OC(=O)N1CCC(C(=O)O)CC12CCOCC2. The van der Waals surface area contributed by atoms with E-state index in [2.05, 4.69) is 0 Å².